The first-order valence-electron chi connectivity index (χ1n) is 3.08. The maximum Gasteiger partial charge on any atom is 0.0990 e. The van der Waals surface area contributed by atoms with Gasteiger partial charge in [0.1, 0.15) is 0 Å². The Morgan fingerprint density at radius 1 is 1.50 bits per heavy atom. The van der Waals surface area contributed by atoms with E-state index in [1.807, 2.05) is 12.1 Å². The molecule has 0 aliphatic carbocycles. The van der Waals surface area contributed by atoms with Gasteiger partial charge in [0, 0.05) is 10.6 Å². The Morgan fingerprint density at radius 3 is 3.40 bits per heavy atom. The molecule has 3 heteroatoms. The predicted molar refractivity (Wildman–Crippen MR) is 41.8 cm³/mol. The predicted octanol–water partition coefficient (Wildman–Crippen LogP) is 1.60. The van der Waals surface area contributed by atoms with Crippen molar-refractivity contribution in [3.63, 3.8) is 0 Å². The van der Waals surface area contributed by atoms with Crippen molar-refractivity contribution in [3.05, 3.63) is 24.0 Å². The van der Waals surface area contributed by atoms with E-state index in [0.717, 1.165) is 11.4 Å². The van der Waals surface area contributed by atoms with Crippen LogP contribution in [0.1, 0.15) is 5.69 Å². The van der Waals surface area contributed by atoms with E-state index in [2.05, 4.69) is 16.3 Å². The molecule has 2 rings (SSSR count). The molecule has 0 amide bonds. The molecule has 0 spiro atoms. The van der Waals surface area contributed by atoms with Crippen molar-refractivity contribution in [3.8, 4) is 0 Å². The molecule has 2 heterocycles. The van der Waals surface area contributed by atoms with E-state index >= 15 is 0 Å². The first kappa shape index (κ1) is 5.92. The van der Waals surface area contributed by atoms with Crippen molar-refractivity contribution in [2.24, 2.45) is 0 Å². The lowest BCUT2D eigenvalue weighted by atomic mass is 10.3. The summed E-state index contributed by atoms with van der Waals surface area (Å²) in [6, 6.07) is 2.00. The highest BCUT2D eigenvalue weighted by Crippen LogP contribution is 2.25. The lowest BCUT2D eigenvalue weighted by Crippen LogP contribution is -1.92. The Kier molecular flexibility index (Phi) is 1.43. The number of rotatable bonds is 0. The Hall–Kier alpha value is -0.830. The van der Waals surface area contributed by atoms with Crippen LogP contribution in [0.15, 0.2) is 23.2 Å². The third-order valence-electron chi connectivity index (χ3n) is 1.32. The molecule has 0 fully saturated rings. The summed E-state index contributed by atoms with van der Waals surface area (Å²) >= 11 is 1.80. The molecule has 1 aliphatic heterocycles. The summed E-state index contributed by atoms with van der Waals surface area (Å²) in [4.78, 5) is 1.23. The molecular weight excluding hydrogens is 144 g/mol. The summed E-state index contributed by atoms with van der Waals surface area (Å²) < 4.78 is 0. The van der Waals surface area contributed by atoms with Crippen LogP contribution in [-0.2, 0) is 0 Å². The summed E-state index contributed by atoms with van der Waals surface area (Å²) in [5, 5.41) is 7.75. The van der Waals surface area contributed by atoms with Crippen LogP contribution in [0.5, 0.6) is 0 Å². The number of aromatic nitrogens is 2. The first-order chi connectivity index (χ1) is 4.97. The maximum absolute atomic E-state index is 3.96. The number of hydrogen-bond acceptors (Lipinski definition) is 3. The second-order valence-corrected chi connectivity index (χ2v) is 3.06. The molecule has 50 valence electrons. The van der Waals surface area contributed by atoms with Crippen molar-refractivity contribution in [1.82, 2.24) is 10.2 Å². The number of nitrogens with zero attached hydrogens (tertiary/aromatic N) is 2. The molecule has 0 N–H and O–H groups in total. The van der Waals surface area contributed by atoms with Crippen LogP contribution >= 0.6 is 11.8 Å². The molecule has 0 radical (unpaired) electrons. The quantitative estimate of drug-likeness (QED) is 0.561. The summed E-state index contributed by atoms with van der Waals surface area (Å²) in [5.41, 5.74) is 0.999. The van der Waals surface area contributed by atoms with Crippen molar-refractivity contribution < 1.29 is 0 Å². The van der Waals surface area contributed by atoms with Crippen molar-refractivity contribution in [2.75, 3.05) is 5.75 Å². The van der Waals surface area contributed by atoms with Crippen molar-refractivity contribution >= 4 is 17.8 Å². The van der Waals surface area contributed by atoms with Gasteiger partial charge in [0.2, 0.25) is 0 Å². The third-order valence-corrected chi connectivity index (χ3v) is 2.34. The van der Waals surface area contributed by atoms with Gasteiger partial charge in [-0.05, 0) is 12.1 Å². The zero-order valence-electron chi connectivity index (χ0n) is 5.32. The van der Waals surface area contributed by atoms with Crippen LogP contribution in [0.2, 0.25) is 0 Å². The molecule has 1 aromatic rings. The summed E-state index contributed by atoms with van der Waals surface area (Å²) in [7, 11) is 0. The fourth-order valence-electron chi connectivity index (χ4n) is 0.866. The van der Waals surface area contributed by atoms with E-state index in [4.69, 9.17) is 0 Å². The Morgan fingerprint density at radius 2 is 2.50 bits per heavy atom. The molecule has 0 bridgehead atoms. The zero-order chi connectivity index (χ0) is 6.81. The standard InChI is InChI=1S/C7H6N2S/c1-2-6-7(10-5-1)3-4-8-9-6/h1-4H,5H2. The summed E-state index contributed by atoms with van der Waals surface area (Å²) in [5.74, 6) is 1.05. The van der Waals surface area contributed by atoms with Gasteiger partial charge in [-0.25, -0.2) is 0 Å². The van der Waals surface area contributed by atoms with Gasteiger partial charge in [-0.3, -0.25) is 0 Å². The van der Waals surface area contributed by atoms with Gasteiger partial charge >= 0.3 is 0 Å². The first-order valence-corrected chi connectivity index (χ1v) is 4.06. The number of hydrogen-bond donors (Lipinski definition) is 0. The van der Waals surface area contributed by atoms with Gasteiger partial charge in [-0.15, -0.1) is 11.8 Å². The van der Waals surface area contributed by atoms with Gasteiger partial charge < -0.3 is 0 Å². The molecule has 0 aromatic carbocycles. The van der Waals surface area contributed by atoms with E-state index in [0.29, 0.717) is 0 Å². The maximum atomic E-state index is 3.96. The third kappa shape index (κ3) is 0.926. The van der Waals surface area contributed by atoms with Crippen LogP contribution in [-0.4, -0.2) is 16.0 Å². The van der Waals surface area contributed by atoms with Gasteiger partial charge in [-0.2, -0.15) is 10.2 Å². The Bertz CT molecular complexity index is 270. The Labute approximate surface area is 63.4 Å². The van der Waals surface area contributed by atoms with E-state index in [1.54, 1.807) is 18.0 Å². The van der Waals surface area contributed by atoms with Gasteiger partial charge in [0.25, 0.3) is 0 Å². The second kappa shape index (κ2) is 2.42. The number of thioether (sulfide) groups is 1. The van der Waals surface area contributed by atoms with E-state index in [9.17, 15) is 0 Å². The average Bonchev–Trinajstić information content (AvgIpc) is 2.05. The smallest absolute Gasteiger partial charge is 0.0990 e. The fraction of sp³-hybridized carbons (Fsp3) is 0.143. The lowest BCUT2D eigenvalue weighted by molar-refractivity contribution is 0.978. The van der Waals surface area contributed by atoms with E-state index in [-0.39, 0.29) is 0 Å². The molecule has 10 heavy (non-hydrogen) atoms. The lowest BCUT2D eigenvalue weighted by Gasteiger charge is -2.05. The van der Waals surface area contributed by atoms with Gasteiger partial charge in [0.05, 0.1) is 11.9 Å². The van der Waals surface area contributed by atoms with Crippen LogP contribution in [0, 0.1) is 0 Å². The minimum absolute atomic E-state index is 0.999. The summed E-state index contributed by atoms with van der Waals surface area (Å²) in [6.07, 6.45) is 5.84. The molecule has 0 saturated heterocycles. The van der Waals surface area contributed by atoms with E-state index < -0.39 is 0 Å². The molecule has 2 nitrogen and oxygen atoms in total. The minimum atomic E-state index is 0.999. The highest BCUT2D eigenvalue weighted by molar-refractivity contribution is 7.99. The molecule has 0 saturated carbocycles. The molecule has 0 atom stereocenters. The van der Waals surface area contributed by atoms with Crippen LogP contribution in [0.25, 0.3) is 6.08 Å². The minimum Gasteiger partial charge on any atom is -0.158 e. The monoisotopic (exact) mass is 150 g/mol. The number of fused-ring (bicyclic) bond motifs is 1. The topological polar surface area (TPSA) is 25.8 Å². The average molecular weight is 150 g/mol. The van der Waals surface area contributed by atoms with Crippen LogP contribution in [0.3, 0.4) is 0 Å². The van der Waals surface area contributed by atoms with Gasteiger partial charge in [-0.1, -0.05) is 6.08 Å². The zero-order valence-corrected chi connectivity index (χ0v) is 6.14. The normalized spacial score (nSPS) is 14.8. The summed E-state index contributed by atoms with van der Waals surface area (Å²) in [6.45, 7) is 0. The van der Waals surface area contributed by atoms with Crippen molar-refractivity contribution in [2.45, 2.75) is 4.90 Å². The molecule has 0 unspecified atom stereocenters. The van der Waals surface area contributed by atoms with Crippen molar-refractivity contribution in [1.29, 1.82) is 0 Å². The Balaban J connectivity index is 2.54. The highest BCUT2D eigenvalue weighted by atomic mass is 32.2. The second-order valence-electron chi connectivity index (χ2n) is 1.99. The van der Waals surface area contributed by atoms with Gasteiger partial charge in [0.15, 0.2) is 0 Å². The van der Waals surface area contributed by atoms with Crippen LogP contribution < -0.4 is 0 Å². The largest absolute Gasteiger partial charge is 0.158 e. The van der Waals surface area contributed by atoms with Crippen LogP contribution in [0.4, 0.5) is 0 Å². The SMILES string of the molecule is C1=Cc2nnccc2SC1. The fourth-order valence-corrected chi connectivity index (χ4v) is 1.65. The molecular formula is C7H6N2S. The van der Waals surface area contributed by atoms with E-state index in [1.165, 1.54) is 4.90 Å². The highest BCUT2D eigenvalue weighted by Gasteiger charge is 2.03. The molecule has 1 aliphatic rings. The molecule has 1 aromatic heterocycles.